The molecule has 10 heteroatoms. The number of fused-ring (bicyclic) bond motifs is 1. The molecule has 1 aromatic heterocycles. The number of carbonyl (C=O) groups excluding carboxylic acids is 2. The van der Waals surface area contributed by atoms with Crippen LogP contribution in [0.15, 0.2) is 21.5 Å². The van der Waals surface area contributed by atoms with E-state index in [4.69, 9.17) is 9.26 Å². The standard InChI is InChI=1S/C18H24N6O4/c1-12-14(13(2)28-20-12)10-23-8-9-24-11-15(27-18(24)19-17(23)26)16(25)22-6-4-21(3)5-7-22/h11H,4-10H2,1-3H3. The molecule has 0 bridgehead atoms. The van der Waals surface area contributed by atoms with Crippen molar-refractivity contribution in [2.45, 2.75) is 20.4 Å². The molecule has 0 spiro atoms. The zero-order chi connectivity index (χ0) is 19.8. The van der Waals surface area contributed by atoms with Gasteiger partial charge in [0.05, 0.1) is 18.4 Å². The number of amides is 3. The predicted octanol–water partition coefficient (Wildman–Crippen LogP) is 0.531. The molecule has 3 aliphatic heterocycles. The molecule has 1 aromatic rings. The lowest BCUT2D eigenvalue weighted by atomic mass is 10.2. The van der Waals surface area contributed by atoms with Crippen LogP contribution in [-0.4, -0.2) is 89.0 Å². The Labute approximate surface area is 163 Å². The van der Waals surface area contributed by atoms with E-state index in [2.05, 4.69) is 15.0 Å². The lowest BCUT2D eigenvalue weighted by molar-refractivity contribution is -0.131. The molecule has 1 fully saturated rings. The average Bonchev–Trinajstić information content (AvgIpc) is 3.18. The second-order valence-corrected chi connectivity index (χ2v) is 7.29. The summed E-state index contributed by atoms with van der Waals surface area (Å²) in [5, 5.41) is 3.93. The smallest absolute Gasteiger partial charge is 0.348 e. The van der Waals surface area contributed by atoms with Gasteiger partial charge in [0.15, 0.2) is 0 Å². The third-order valence-corrected chi connectivity index (χ3v) is 5.32. The van der Waals surface area contributed by atoms with Crippen molar-refractivity contribution in [3.05, 3.63) is 29.0 Å². The topological polar surface area (TPSA) is 94.7 Å². The van der Waals surface area contributed by atoms with Gasteiger partial charge in [-0.15, -0.1) is 4.99 Å². The number of ether oxygens (including phenoxy) is 1. The van der Waals surface area contributed by atoms with E-state index in [1.165, 1.54) is 0 Å². The molecule has 0 atom stereocenters. The van der Waals surface area contributed by atoms with Crippen LogP contribution in [0.3, 0.4) is 0 Å². The van der Waals surface area contributed by atoms with Gasteiger partial charge in [-0.25, -0.2) is 4.79 Å². The maximum Gasteiger partial charge on any atom is 0.348 e. The molecule has 1 saturated heterocycles. The number of rotatable bonds is 3. The summed E-state index contributed by atoms with van der Waals surface area (Å²) in [7, 11) is 2.03. The number of aromatic nitrogens is 1. The average molecular weight is 388 g/mol. The number of aryl methyl sites for hydroxylation is 2. The Hall–Kier alpha value is -2.88. The number of amidine groups is 1. The molecule has 28 heavy (non-hydrogen) atoms. The minimum Gasteiger partial charge on any atom is -0.418 e. The zero-order valence-corrected chi connectivity index (χ0v) is 16.3. The first-order chi connectivity index (χ1) is 13.4. The van der Waals surface area contributed by atoms with Crippen LogP contribution >= 0.6 is 0 Å². The van der Waals surface area contributed by atoms with Crippen LogP contribution in [0.5, 0.6) is 0 Å². The van der Waals surface area contributed by atoms with Gasteiger partial charge in [-0.05, 0) is 20.9 Å². The number of aliphatic imine (C=N–C) groups is 1. The van der Waals surface area contributed by atoms with E-state index in [1.807, 2.05) is 20.9 Å². The Bertz CT molecular complexity index is 833. The van der Waals surface area contributed by atoms with Crippen LogP contribution in [0.2, 0.25) is 0 Å². The number of carbonyl (C=O) groups is 2. The number of piperazine rings is 1. The zero-order valence-electron chi connectivity index (χ0n) is 16.3. The number of likely N-dealkylation sites (N-methyl/N-ethyl adjacent to an activating group) is 1. The fraction of sp³-hybridized carbons (Fsp3) is 0.556. The summed E-state index contributed by atoms with van der Waals surface area (Å²) in [5.41, 5.74) is 1.65. The molecule has 0 aliphatic carbocycles. The van der Waals surface area contributed by atoms with Gasteiger partial charge in [0.2, 0.25) is 5.76 Å². The largest absolute Gasteiger partial charge is 0.418 e. The van der Waals surface area contributed by atoms with E-state index in [9.17, 15) is 9.59 Å². The van der Waals surface area contributed by atoms with Crippen LogP contribution in [0, 0.1) is 13.8 Å². The highest BCUT2D eigenvalue weighted by molar-refractivity contribution is 6.00. The highest BCUT2D eigenvalue weighted by Crippen LogP contribution is 2.22. The van der Waals surface area contributed by atoms with Crippen molar-refractivity contribution >= 4 is 18.0 Å². The molecule has 3 aliphatic rings. The van der Waals surface area contributed by atoms with E-state index < -0.39 is 6.03 Å². The van der Waals surface area contributed by atoms with Gasteiger partial charge in [0.25, 0.3) is 5.91 Å². The minimum absolute atomic E-state index is 0.156. The summed E-state index contributed by atoms with van der Waals surface area (Å²) in [6.45, 7) is 7.97. The number of hydrogen-bond donors (Lipinski definition) is 0. The molecular formula is C18H24N6O4. The molecule has 150 valence electrons. The number of urea groups is 1. The minimum atomic E-state index is -0.404. The number of hydrogen-bond acceptors (Lipinski definition) is 7. The van der Waals surface area contributed by atoms with Gasteiger partial charge in [-0.3, -0.25) is 9.69 Å². The summed E-state index contributed by atoms with van der Waals surface area (Å²) in [4.78, 5) is 36.6. The van der Waals surface area contributed by atoms with Crippen LogP contribution < -0.4 is 0 Å². The summed E-state index contributed by atoms with van der Waals surface area (Å²) in [6.07, 6.45) is 1.65. The van der Waals surface area contributed by atoms with Gasteiger partial charge in [-0.2, -0.15) is 0 Å². The Kier molecular flexibility index (Phi) is 4.80. The van der Waals surface area contributed by atoms with Crippen molar-refractivity contribution < 1.29 is 18.8 Å². The van der Waals surface area contributed by atoms with Gasteiger partial charge in [0.1, 0.15) is 5.76 Å². The molecule has 3 amide bonds. The lowest BCUT2D eigenvalue weighted by Crippen LogP contribution is -2.47. The Balaban J connectivity index is 1.43. The van der Waals surface area contributed by atoms with E-state index in [0.29, 0.717) is 38.5 Å². The van der Waals surface area contributed by atoms with E-state index in [0.717, 1.165) is 24.3 Å². The van der Waals surface area contributed by atoms with E-state index in [1.54, 1.807) is 20.9 Å². The Morgan fingerprint density at radius 1 is 1.14 bits per heavy atom. The first-order valence-corrected chi connectivity index (χ1v) is 9.36. The van der Waals surface area contributed by atoms with Gasteiger partial charge in [-0.1, -0.05) is 5.16 Å². The summed E-state index contributed by atoms with van der Waals surface area (Å²) in [6, 6.07) is -0.247. The third-order valence-electron chi connectivity index (χ3n) is 5.32. The first kappa shape index (κ1) is 18.5. The van der Waals surface area contributed by atoms with E-state index in [-0.39, 0.29) is 17.7 Å². The highest BCUT2D eigenvalue weighted by Gasteiger charge is 2.34. The van der Waals surface area contributed by atoms with E-state index >= 15 is 0 Å². The third kappa shape index (κ3) is 3.47. The first-order valence-electron chi connectivity index (χ1n) is 9.36. The summed E-state index contributed by atoms with van der Waals surface area (Å²) < 4.78 is 10.8. The molecule has 0 saturated carbocycles. The Morgan fingerprint density at radius 2 is 1.89 bits per heavy atom. The second kappa shape index (κ2) is 7.27. The summed E-state index contributed by atoms with van der Waals surface area (Å²) >= 11 is 0. The fourth-order valence-electron chi connectivity index (χ4n) is 3.43. The molecule has 0 N–H and O–H groups in total. The van der Waals surface area contributed by atoms with Crippen LogP contribution in [0.1, 0.15) is 17.0 Å². The van der Waals surface area contributed by atoms with Crippen LogP contribution in [-0.2, 0) is 16.1 Å². The maximum absolute atomic E-state index is 12.7. The van der Waals surface area contributed by atoms with Crippen molar-refractivity contribution in [2.24, 2.45) is 4.99 Å². The highest BCUT2D eigenvalue weighted by atomic mass is 16.5. The summed E-state index contributed by atoms with van der Waals surface area (Å²) in [5.74, 6) is 0.748. The normalized spacial score (nSPS) is 20.5. The second-order valence-electron chi connectivity index (χ2n) is 7.29. The fourth-order valence-corrected chi connectivity index (χ4v) is 3.43. The molecule has 0 radical (unpaired) electrons. The molecule has 4 rings (SSSR count). The predicted molar refractivity (Wildman–Crippen MR) is 99.2 cm³/mol. The maximum atomic E-state index is 12.7. The van der Waals surface area contributed by atoms with Crippen LogP contribution in [0.25, 0.3) is 0 Å². The molecular weight excluding hydrogens is 364 g/mol. The molecule has 0 aromatic carbocycles. The molecule has 0 unspecified atom stereocenters. The monoisotopic (exact) mass is 388 g/mol. The quantitative estimate of drug-likeness (QED) is 0.745. The SMILES string of the molecule is Cc1noc(C)c1CN1CCN2C=C(C(=O)N3CCN(C)CC3)OC2=NC1=O. The van der Waals surface area contributed by atoms with Crippen molar-refractivity contribution in [1.82, 2.24) is 24.8 Å². The number of nitrogens with zero attached hydrogens (tertiary/aromatic N) is 6. The van der Waals surface area contributed by atoms with Crippen molar-refractivity contribution in [3.63, 3.8) is 0 Å². The lowest BCUT2D eigenvalue weighted by Gasteiger charge is -2.32. The van der Waals surface area contributed by atoms with Gasteiger partial charge >= 0.3 is 12.1 Å². The van der Waals surface area contributed by atoms with Crippen LogP contribution in [0.4, 0.5) is 4.79 Å². The van der Waals surface area contributed by atoms with Crippen molar-refractivity contribution in [1.29, 1.82) is 0 Å². The van der Waals surface area contributed by atoms with Crippen molar-refractivity contribution in [3.8, 4) is 0 Å². The van der Waals surface area contributed by atoms with Crippen molar-refractivity contribution in [2.75, 3.05) is 46.3 Å². The van der Waals surface area contributed by atoms with Gasteiger partial charge in [0, 0.05) is 44.8 Å². The Morgan fingerprint density at radius 3 is 2.57 bits per heavy atom. The molecule has 10 nitrogen and oxygen atoms in total. The molecule has 4 heterocycles. The van der Waals surface area contributed by atoms with Gasteiger partial charge < -0.3 is 24.0 Å².